The van der Waals surface area contributed by atoms with Gasteiger partial charge in [-0.2, -0.15) is 0 Å². The van der Waals surface area contributed by atoms with Gasteiger partial charge >= 0.3 is 5.97 Å². The SMILES string of the molecule is COC(=O)c1ccc(Cl)c(N=Cc2ccc(N3CCCC3)cc2C)c1. The smallest absolute Gasteiger partial charge is 0.337 e. The minimum absolute atomic E-state index is 0.403. The van der Waals surface area contributed by atoms with Crippen molar-refractivity contribution in [3.05, 3.63) is 58.1 Å². The zero-order valence-corrected chi connectivity index (χ0v) is 15.2. The van der Waals surface area contributed by atoms with E-state index in [-0.39, 0.29) is 0 Å². The number of carbonyl (C=O) groups is 1. The third-order valence-corrected chi connectivity index (χ3v) is 4.75. The van der Waals surface area contributed by atoms with Crippen molar-refractivity contribution < 1.29 is 9.53 Å². The molecule has 130 valence electrons. The number of ether oxygens (including phenoxy) is 1. The molecule has 0 amide bonds. The maximum Gasteiger partial charge on any atom is 0.337 e. The number of rotatable bonds is 4. The van der Waals surface area contributed by atoms with Crippen LogP contribution >= 0.6 is 11.6 Å². The van der Waals surface area contributed by atoms with E-state index in [1.165, 1.54) is 25.6 Å². The van der Waals surface area contributed by atoms with Crippen LogP contribution in [0.1, 0.15) is 34.3 Å². The number of aliphatic imine (C=N–C) groups is 1. The molecule has 0 spiro atoms. The first-order valence-corrected chi connectivity index (χ1v) is 8.74. The normalized spacial score (nSPS) is 14.3. The summed E-state index contributed by atoms with van der Waals surface area (Å²) in [6.45, 7) is 4.33. The number of anilines is 1. The molecule has 5 heteroatoms. The molecule has 2 aromatic rings. The lowest BCUT2D eigenvalue weighted by Gasteiger charge is -2.18. The molecule has 1 fully saturated rings. The maximum atomic E-state index is 11.6. The molecule has 0 aliphatic carbocycles. The van der Waals surface area contributed by atoms with Gasteiger partial charge in [0, 0.05) is 25.0 Å². The fraction of sp³-hybridized carbons (Fsp3) is 0.300. The first-order chi connectivity index (χ1) is 12.1. The monoisotopic (exact) mass is 356 g/mol. The van der Waals surface area contributed by atoms with Crippen LogP contribution in [0.15, 0.2) is 41.4 Å². The molecule has 0 bridgehead atoms. The zero-order chi connectivity index (χ0) is 17.8. The Labute approximate surface area is 153 Å². The Kier molecular flexibility index (Phi) is 5.39. The van der Waals surface area contributed by atoms with E-state index in [0.717, 1.165) is 24.2 Å². The van der Waals surface area contributed by atoms with Gasteiger partial charge in [-0.05, 0) is 61.2 Å². The molecule has 1 saturated heterocycles. The fourth-order valence-electron chi connectivity index (χ4n) is 2.97. The van der Waals surface area contributed by atoms with Crippen molar-refractivity contribution >= 4 is 35.2 Å². The maximum absolute atomic E-state index is 11.6. The van der Waals surface area contributed by atoms with Crippen LogP contribution in [0.5, 0.6) is 0 Å². The Balaban J connectivity index is 1.83. The van der Waals surface area contributed by atoms with E-state index in [0.29, 0.717) is 16.3 Å². The summed E-state index contributed by atoms with van der Waals surface area (Å²) in [4.78, 5) is 18.5. The fourth-order valence-corrected chi connectivity index (χ4v) is 3.14. The molecule has 3 rings (SSSR count). The predicted octanol–water partition coefficient (Wildman–Crippen LogP) is 4.79. The largest absolute Gasteiger partial charge is 0.465 e. The summed E-state index contributed by atoms with van der Waals surface area (Å²) in [6, 6.07) is 11.3. The van der Waals surface area contributed by atoms with Gasteiger partial charge in [0.05, 0.1) is 23.4 Å². The highest BCUT2D eigenvalue weighted by molar-refractivity contribution is 6.33. The molecule has 0 atom stereocenters. The van der Waals surface area contributed by atoms with E-state index in [9.17, 15) is 4.79 Å². The quantitative estimate of drug-likeness (QED) is 0.584. The summed E-state index contributed by atoms with van der Waals surface area (Å²) in [6.07, 6.45) is 4.31. The van der Waals surface area contributed by atoms with Crippen LogP contribution in [0.3, 0.4) is 0 Å². The van der Waals surface area contributed by atoms with Gasteiger partial charge in [0.2, 0.25) is 0 Å². The number of aryl methyl sites for hydroxylation is 1. The topological polar surface area (TPSA) is 41.9 Å². The van der Waals surface area contributed by atoms with E-state index < -0.39 is 5.97 Å². The molecule has 1 aliphatic rings. The van der Waals surface area contributed by atoms with E-state index in [4.69, 9.17) is 16.3 Å². The highest BCUT2D eigenvalue weighted by Gasteiger charge is 2.13. The number of hydrogen-bond acceptors (Lipinski definition) is 4. The average Bonchev–Trinajstić information content (AvgIpc) is 3.16. The first-order valence-electron chi connectivity index (χ1n) is 8.36. The van der Waals surface area contributed by atoms with E-state index in [1.54, 1.807) is 24.4 Å². The Morgan fingerprint density at radius 2 is 1.96 bits per heavy atom. The van der Waals surface area contributed by atoms with Crippen molar-refractivity contribution in [3.63, 3.8) is 0 Å². The van der Waals surface area contributed by atoms with Crippen LogP contribution in [0.2, 0.25) is 5.02 Å². The summed E-state index contributed by atoms with van der Waals surface area (Å²) < 4.78 is 4.74. The second kappa shape index (κ2) is 7.70. The number of halogens is 1. The van der Waals surface area contributed by atoms with Crippen molar-refractivity contribution in [1.29, 1.82) is 0 Å². The molecule has 1 heterocycles. The van der Waals surface area contributed by atoms with Gasteiger partial charge in [0.15, 0.2) is 0 Å². The summed E-state index contributed by atoms with van der Waals surface area (Å²) in [7, 11) is 1.35. The second-order valence-electron chi connectivity index (χ2n) is 6.15. The lowest BCUT2D eigenvalue weighted by Crippen LogP contribution is -2.17. The summed E-state index contributed by atoms with van der Waals surface area (Å²) in [5.74, 6) is -0.403. The first kappa shape index (κ1) is 17.5. The number of esters is 1. The highest BCUT2D eigenvalue weighted by Crippen LogP contribution is 2.27. The van der Waals surface area contributed by atoms with Crippen LogP contribution in [0, 0.1) is 6.92 Å². The van der Waals surface area contributed by atoms with Gasteiger partial charge in [0.1, 0.15) is 0 Å². The van der Waals surface area contributed by atoms with Gasteiger partial charge < -0.3 is 9.64 Å². The minimum Gasteiger partial charge on any atom is -0.465 e. The molecule has 0 radical (unpaired) electrons. The van der Waals surface area contributed by atoms with Gasteiger partial charge in [0.25, 0.3) is 0 Å². The Bertz CT molecular complexity index is 811. The lowest BCUT2D eigenvalue weighted by atomic mass is 10.1. The molecule has 1 aliphatic heterocycles. The molecule has 0 aromatic heterocycles. The molecule has 25 heavy (non-hydrogen) atoms. The summed E-state index contributed by atoms with van der Waals surface area (Å²) in [5.41, 5.74) is 4.43. The summed E-state index contributed by atoms with van der Waals surface area (Å²) in [5, 5.41) is 0.496. The number of nitrogens with zero attached hydrogens (tertiary/aromatic N) is 2. The van der Waals surface area contributed by atoms with Crippen molar-refractivity contribution in [3.8, 4) is 0 Å². The number of carbonyl (C=O) groups excluding carboxylic acids is 1. The average molecular weight is 357 g/mol. The number of hydrogen-bond donors (Lipinski definition) is 0. The number of benzene rings is 2. The minimum atomic E-state index is -0.403. The third kappa shape index (κ3) is 4.02. The van der Waals surface area contributed by atoms with Crippen molar-refractivity contribution in [2.24, 2.45) is 4.99 Å². The standard InChI is InChI=1S/C20H21ClN2O2/c1-14-11-17(23-9-3-4-10-23)7-5-16(14)13-22-19-12-15(20(24)25-2)6-8-18(19)21/h5-8,11-13H,3-4,9-10H2,1-2H3. The Morgan fingerprint density at radius 3 is 2.64 bits per heavy atom. The van der Waals surface area contributed by atoms with Crippen LogP contribution in [0.4, 0.5) is 11.4 Å². The summed E-state index contributed by atoms with van der Waals surface area (Å²) >= 11 is 6.19. The van der Waals surface area contributed by atoms with Crippen molar-refractivity contribution in [1.82, 2.24) is 0 Å². The van der Waals surface area contributed by atoms with E-state index >= 15 is 0 Å². The van der Waals surface area contributed by atoms with Gasteiger partial charge in [-0.1, -0.05) is 17.7 Å². The van der Waals surface area contributed by atoms with Crippen LogP contribution in [-0.4, -0.2) is 32.4 Å². The van der Waals surface area contributed by atoms with Gasteiger partial charge in [-0.15, -0.1) is 0 Å². The van der Waals surface area contributed by atoms with Crippen molar-refractivity contribution in [2.75, 3.05) is 25.1 Å². The second-order valence-corrected chi connectivity index (χ2v) is 6.56. The van der Waals surface area contributed by atoms with Crippen molar-refractivity contribution in [2.45, 2.75) is 19.8 Å². The molecular weight excluding hydrogens is 336 g/mol. The zero-order valence-electron chi connectivity index (χ0n) is 14.5. The van der Waals surface area contributed by atoms with E-state index in [1.807, 2.05) is 0 Å². The lowest BCUT2D eigenvalue weighted by molar-refractivity contribution is 0.0601. The highest BCUT2D eigenvalue weighted by atomic mass is 35.5. The molecular formula is C20H21ClN2O2. The van der Waals surface area contributed by atoms with Crippen LogP contribution in [-0.2, 0) is 4.74 Å². The Morgan fingerprint density at radius 1 is 1.20 bits per heavy atom. The number of methoxy groups -OCH3 is 1. The molecule has 4 nitrogen and oxygen atoms in total. The van der Waals surface area contributed by atoms with Gasteiger partial charge in [-0.3, -0.25) is 4.99 Å². The van der Waals surface area contributed by atoms with Gasteiger partial charge in [-0.25, -0.2) is 4.79 Å². The third-order valence-electron chi connectivity index (χ3n) is 4.43. The van der Waals surface area contributed by atoms with E-state index in [2.05, 4.69) is 35.0 Å². The molecule has 0 saturated carbocycles. The Hall–Kier alpha value is -2.33. The molecule has 0 unspecified atom stereocenters. The van der Waals surface area contributed by atoms with Crippen LogP contribution < -0.4 is 4.90 Å². The molecule has 0 N–H and O–H groups in total. The predicted molar refractivity (Wildman–Crippen MR) is 103 cm³/mol. The molecule has 2 aromatic carbocycles. The van der Waals surface area contributed by atoms with Crippen LogP contribution in [0.25, 0.3) is 0 Å².